The first-order valence-electron chi connectivity index (χ1n) is 6.03. The molecule has 0 saturated carbocycles. The number of benzene rings is 2. The maximum Gasteiger partial charge on any atom is 0.125 e. The zero-order chi connectivity index (χ0) is 13.2. The number of imidazole rings is 1. The van der Waals surface area contributed by atoms with Crippen molar-refractivity contribution >= 4 is 34.2 Å². The number of hydrogen-bond donors (Lipinski definition) is 0. The van der Waals surface area contributed by atoms with Crippen LogP contribution < -0.4 is 0 Å². The molecule has 0 aliphatic rings. The fourth-order valence-electron chi connectivity index (χ4n) is 2.23. The quantitative estimate of drug-likeness (QED) is 0.651. The molecule has 96 valence electrons. The minimum absolute atomic E-state index is 0.373. The van der Waals surface area contributed by atoms with Crippen molar-refractivity contribution in [1.82, 2.24) is 9.55 Å². The lowest BCUT2D eigenvalue weighted by Gasteiger charge is -2.08. The lowest BCUT2D eigenvalue weighted by atomic mass is 10.2. The van der Waals surface area contributed by atoms with Crippen molar-refractivity contribution < 1.29 is 0 Å². The molecule has 0 atom stereocenters. The minimum Gasteiger partial charge on any atom is -0.321 e. The van der Waals surface area contributed by atoms with Gasteiger partial charge in [0.25, 0.3) is 0 Å². The maximum absolute atomic E-state index is 6.29. The molecule has 0 spiro atoms. The Labute approximate surface area is 121 Å². The first-order valence-corrected chi connectivity index (χ1v) is 6.94. The van der Waals surface area contributed by atoms with Gasteiger partial charge in [-0.05, 0) is 17.7 Å². The van der Waals surface area contributed by atoms with Gasteiger partial charge in [0.15, 0.2) is 0 Å². The van der Waals surface area contributed by atoms with Gasteiger partial charge in [0.1, 0.15) is 5.82 Å². The van der Waals surface area contributed by atoms with E-state index in [1.165, 1.54) is 5.56 Å². The molecule has 3 rings (SSSR count). The van der Waals surface area contributed by atoms with Crippen LogP contribution in [0.2, 0.25) is 5.02 Å². The highest BCUT2D eigenvalue weighted by molar-refractivity contribution is 6.35. The van der Waals surface area contributed by atoms with Gasteiger partial charge in [-0.1, -0.05) is 48.0 Å². The van der Waals surface area contributed by atoms with Crippen molar-refractivity contribution in [2.45, 2.75) is 12.4 Å². The topological polar surface area (TPSA) is 17.8 Å². The van der Waals surface area contributed by atoms with E-state index in [1.807, 2.05) is 36.4 Å². The number of para-hydroxylation sites is 1. The van der Waals surface area contributed by atoms with E-state index in [1.54, 1.807) is 0 Å². The molecular weight excluding hydrogens is 279 g/mol. The molecule has 0 bridgehead atoms. The molecule has 19 heavy (non-hydrogen) atoms. The standard InChI is InChI=1S/C15H12Cl2N2/c16-9-14-18-13-8-4-7-12(17)15(13)19(14)10-11-5-2-1-3-6-11/h1-8H,9-10H2. The number of fused-ring (bicyclic) bond motifs is 1. The predicted molar refractivity (Wildman–Crippen MR) is 79.8 cm³/mol. The number of nitrogens with zero attached hydrogens (tertiary/aromatic N) is 2. The van der Waals surface area contributed by atoms with Crippen LogP contribution in [0.5, 0.6) is 0 Å². The number of aromatic nitrogens is 2. The molecule has 3 aromatic rings. The summed E-state index contributed by atoms with van der Waals surface area (Å²) in [6, 6.07) is 16.0. The van der Waals surface area contributed by atoms with Gasteiger partial charge in [-0.25, -0.2) is 4.98 Å². The van der Waals surface area contributed by atoms with Gasteiger partial charge in [0.05, 0.1) is 21.9 Å². The van der Waals surface area contributed by atoms with Crippen molar-refractivity contribution in [3.05, 3.63) is 64.9 Å². The Hall–Kier alpha value is -1.51. The molecular formula is C15H12Cl2N2. The second-order valence-corrected chi connectivity index (χ2v) is 5.02. The maximum atomic E-state index is 6.29. The third-order valence-corrected chi connectivity index (χ3v) is 3.64. The average Bonchev–Trinajstić information content (AvgIpc) is 2.79. The number of alkyl halides is 1. The van der Waals surface area contributed by atoms with Crippen LogP contribution in [-0.4, -0.2) is 9.55 Å². The zero-order valence-corrected chi connectivity index (χ0v) is 11.7. The van der Waals surface area contributed by atoms with Gasteiger partial charge < -0.3 is 4.57 Å². The molecule has 0 aliphatic heterocycles. The van der Waals surface area contributed by atoms with E-state index >= 15 is 0 Å². The summed E-state index contributed by atoms with van der Waals surface area (Å²) in [6.45, 7) is 0.725. The minimum atomic E-state index is 0.373. The first-order chi connectivity index (χ1) is 9.29. The Bertz CT molecular complexity index is 705. The zero-order valence-electron chi connectivity index (χ0n) is 10.2. The first kappa shape index (κ1) is 12.5. The summed E-state index contributed by atoms with van der Waals surface area (Å²) in [6.07, 6.45) is 0. The Morgan fingerprint density at radius 1 is 1.00 bits per heavy atom. The normalized spacial score (nSPS) is 11.1. The Morgan fingerprint density at radius 2 is 1.79 bits per heavy atom. The van der Waals surface area contributed by atoms with Crippen molar-refractivity contribution in [2.75, 3.05) is 0 Å². The molecule has 0 N–H and O–H groups in total. The summed E-state index contributed by atoms with van der Waals surface area (Å²) in [4.78, 5) is 4.53. The fourth-order valence-corrected chi connectivity index (χ4v) is 2.70. The summed E-state index contributed by atoms with van der Waals surface area (Å²) < 4.78 is 2.08. The predicted octanol–water partition coefficient (Wildman–Crippen LogP) is 4.48. The van der Waals surface area contributed by atoms with Crippen LogP contribution in [0.3, 0.4) is 0 Å². The molecule has 1 aromatic heterocycles. The van der Waals surface area contributed by atoms with Crippen LogP contribution in [0.4, 0.5) is 0 Å². The van der Waals surface area contributed by atoms with Gasteiger partial charge >= 0.3 is 0 Å². The molecule has 0 fully saturated rings. The van der Waals surface area contributed by atoms with Crippen molar-refractivity contribution in [1.29, 1.82) is 0 Å². The second-order valence-electron chi connectivity index (χ2n) is 4.34. The van der Waals surface area contributed by atoms with Crippen LogP contribution >= 0.6 is 23.2 Å². The average molecular weight is 291 g/mol. The van der Waals surface area contributed by atoms with Gasteiger partial charge in [0.2, 0.25) is 0 Å². The largest absolute Gasteiger partial charge is 0.321 e. The van der Waals surface area contributed by atoms with E-state index in [0.29, 0.717) is 10.9 Å². The summed E-state index contributed by atoms with van der Waals surface area (Å²) in [5, 5.41) is 0.706. The van der Waals surface area contributed by atoms with E-state index in [4.69, 9.17) is 23.2 Å². The van der Waals surface area contributed by atoms with E-state index in [2.05, 4.69) is 21.7 Å². The Balaban J connectivity index is 2.16. The number of hydrogen-bond acceptors (Lipinski definition) is 1. The van der Waals surface area contributed by atoms with Crippen molar-refractivity contribution in [3.63, 3.8) is 0 Å². The summed E-state index contributed by atoms with van der Waals surface area (Å²) in [7, 11) is 0. The lowest BCUT2D eigenvalue weighted by Crippen LogP contribution is -2.03. The van der Waals surface area contributed by atoms with E-state index < -0.39 is 0 Å². The van der Waals surface area contributed by atoms with E-state index in [9.17, 15) is 0 Å². The highest BCUT2D eigenvalue weighted by Crippen LogP contribution is 2.26. The van der Waals surface area contributed by atoms with Crippen LogP contribution in [-0.2, 0) is 12.4 Å². The smallest absolute Gasteiger partial charge is 0.125 e. The Kier molecular flexibility index (Phi) is 3.45. The van der Waals surface area contributed by atoms with Crippen LogP contribution in [0.25, 0.3) is 11.0 Å². The van der Waals surface area contributed by atoms with Crippen molar-refractivity contribution in [3.8, 4) is 0 Å². The molecule has 0 aliphatic carbocycles. The van der Waals surface area contributed by atoms with Gasteiger partial charge in [-0.3, -0.25) is 0 Å². The molecule has 0 amide bonds. The third kappa shape index (κ3) is 2.34. The summed E-state index contributed by atoms with van der Waals surface area (Å²) >= 11 is 12.3. The van der Waals surface area contributed by atoms with E-state index in [0.717, 1.165) is 23.4 Å². The Morgan fingerprint density at radius 3 is 2.53 bits per heavy atom. The molecule has 2 nitrogen and oxygen atoms in total. The third-order valence-electron chi connectivity index (χ3n) is 3.10. The molecule has 0 unspecified atom stereocenters. The van der Waals surface area contributed by atoms with Gasteiger partial charge in [0, 0.05) is 6.54 Å². The second kappa shape index (κ2) is 5.24. The van der Waals surface area contributed by atoms with Crippen molar-refractivity contribution in [2.24, 2.45) is 0 Å². The van der Waals surface area contributed by atoms with E-state index in [-0.39, 0.29) is 0 Å². The van der Waals surface area contributed by atoms with Crippen LogP contribution in [0, 0.1) is 0 Å². The highest BCUT2D eigenvalue weighted by Gasteiger charge is 2.12. The lowest BCUT2D eigenvalue weighted by molar-refractivity contribution is 0.779. The van der Waals surface area contributed by atoms with Crippen LogP contribution in [0.15, 0.2) is 48.5 Å². The molecule has 0 radical (unpaired) electrons. The highest BCUT2D eigenvalue weighted by atomic mass is 35.5. The summed E-state index contributed by atoms with van der Waals surface area (Å²) in [5.74, 6) is 1.21. The molecule has 1 heterocycles. The monoisotopic (exact) mass is 290 g/mol. The molecule has 4 heteroatoms. The summed E-state index contributed by atoms with van der Waals surface area (Å²) in [5.41, 5.74) is 3.04. The molecule has 0 saturated heterocycles. The fraction of sp³-hybridized carbons (Fsp3) is 0.133. The van der Waals surface area contributed by atoms with Gasteiger partial charge in [-0.15, -0.1) is 11.6 Å². The molecule has 2 aromatic carbocycles. The van der Waals surface area contributed by atoms with Gasteiger partial charge in [-0.2, -0.15) is 0 Å². The number of halogens is 2. The SMILES string of the molecule is ClCc1nc2cccc(Cl)c2n1Cc1ccccc1. The number of rotatable bonds is 3. The van der Waals surface area contributed by atoms with Crippen LogP contribution in [0.1, 0.15) is 11.4 Å².